The van der Waals surface area contributed by atoms with E-state index in [-0.39, 0.29) is 0 Å². The van der Waals surface area contributed by atoms with E-state index in [0.717, 1.165) is 0 Å². The van der Waals surface area contributed by atoms with Crippen molar-refractivity contribution in [3.63, 3.8) is 0 Å². The van der Waals surface area contributed by atoms with Crippen LogP contribution in [0.15, 0.2) is 36.4 Å². The molecule has 0 amide bonds. The largest absolute Gasteiger partial charge is 0.0617 e. The Bertz CT molecular complexity index is 615. The van der Waals surface area contributed by atoms with E-state index in [1.165, 1.54) is 52.6 Å². The van der Waals surface area contributed by atoms with Gasteiger partial charge in [-0.2, -0.15) is 0 Å². The van der Waals surface area contributed by atoms with Crippen LogP contribution in [0.25, 0.3) is 11.1 Å². The molecule has 0 aliphatic heterocycles. The zero-order valence-electron chi connectivity index (χ0n) is 13.6. The molecule has 0 heterocycles. The van der Waals surface area contributed by atoms with Crippen molar-refractivity contribution in [2.75, 3.05) is 0 Å². The summed E-state index contributed by atoms with van der Waals surface area (Å²) in [5.74, 6) is 0. The molecule has 0 aromatic heterocycles. The molecule has 0 radical (unpaired) electrons. The SMILES string of the molecule is Cc1cccc(C)c1C1=C(c2c(C)cccc2C)CCC1. The highest BCUT2D eigenvalue weighted by molar-refractivity contribution is 5.95. The van der Waals surface area contributed by atoms with E-state index in [9.17, 15) is 0 Å². The third-order valence-corrected chi connectivity index (χ3v) is 4.78. The summed E-state index contributed by atoms with van der Waals surface area (Å²) in [6.45, 7) is 8.98. The van der Waals surface area contributed by atoms with Gasteiger partial charge in [-0.15, -0.1) is 0 Å². The van der Waals surface area contributed by atoms with Crippen LogP contribution in [-0.2, 0) is 0 Å². The second kappa shape index (κ2) is 5.52. The smallest absolute Gasteiger partial charge is 0.0163 e. The molecule has 1 aliphatic rings. The molecule has 0 fully saturated rings. The van der Waals surface area contributed by atoms with Gasteiger partial charge in [-0.25, -0.2) is 0 Å². The van der Waals surface area contributed by atoms with Gasteiger partial charge < -0.3 is 0 Å². The van der Waals surface area contributed by atoms with Gasteiger partial charge in [0.2, 0.25) is 0 Å². The molecule has 0 bridgehead atoms. The summed E-state index contributed by atoms with van der Waals surface area (Å²) in [4.78, 5) is 0. The molecule has 0 unspecified atom stereocenters. The van der Waals surface area contributed by atoms with Crippen LogP contribution < -0.4 is 0 Å². The second-order valence-corrected chi connectivity index (χ2v) is 6.34. The minimum absolute atomic E-state index is 1.22. The number of aryl methyl sites for hydroxylation is 4. The van der Waals surface area contributed by atoms with Crippen molar-refractivity contribution in [1.82, 2.24) is 0 Å². The minimum Gasteiger partial charge on any atom is -0.0617 e. The quantitative estimate of drug-likeness (QED) is 0.629. The number of hydrogen-bond donors (Lipinski definition) is 0. The van der Waals surface area contributed by atoms with Crippen molar-refractivity contribution in [2.45, 2.75) is 47.0 Å². The highest BCUT2D eigenvalue weighted by Crippen LogP contribution is 2.43. The lowest BCUT2D eigenvalue weighted by Crippen LogP contribution is -1.96. The van der Waals surface area contributed by atoms with Crippen molar-refractivity contribution in [1.29, 1.82) is 0 Å². The minimum atomic E-state index is 1.22. The first-order valence-corrected chi connectivity index (χ1v) is 7.95. The molecule has 0 atom stereocenters. The van der Waals surface area contributed by atoms with E-state index in [2.05, 4.69) is 64.1 Å². The summed E-state index contributed by atoms with van der Waals surface area (Å²) in [5.41, 5.74) is 11.8. The van der Waals surface area contributed by atoms with E-state index in [4.69, 9.17) is 0 Å². The topological polar surface area (TPSA) is 0 Å². The van der Waals surface area contributed by atoms with Crippen LogP contribution >= 0.6 is 0 Å². The normalized spacial score (nSPS) is 14.9. The molecular weight excluding hydrogens is 252 g/mol. The first kappa shape index (κ1) is 14.1. The maximum absolute atomic E-state index is 2.25. The predicted molar refractivity (Wildman–Crippen MR) is 92.5 cm³/mol. The van der Waals surface area contributed by atoms with Crippen LogP contribution in [0, 0.1) is 27.7 Å². The van der Waals surface area contributed by atoms with Gasteiger partial charge in [-0.1, -0.05) is 36.4 Å². The zero-order chi connectivity index (χ0) is 15.0. The van der Waals surface area contributed by atoms with Crippen molar-refractivity contribution >= 4 is 11.1 Å². The molecule has 0 saturated heterocycles. The molecule has 0 saturated carbocycles. The van der Waals surface area contributed by atoms with E-state index < -0.39 is 0 Å². The summed E-state index contributed by atoms with van der Waals surface area (Å²) >= 11 is 0. The van der Waals surface area contributed by atoms with Gasteiger partial charge in [-0.05, 0) is 91.5 Å². The van der Waals surface area contributed by atoms with Crippen molar-refractivity contribution in [3.8, 4) is 0 Å². The van der Waals surface area contributed by atoms with E-state index in [1.807, 2.05) is 0 Å². The van der Waals surface area contributed by atoms with Crippen LogP contribution in [0.2, 0.25) is 0 Å². The Morgan fingerprint density at radius 1 is 0.571 bits per heavy atom. The fraction of sp³-hybridized carbons (Fsp3) is 0.333. The van der Waals surface area contributed by atoms with E-state index >= 15 is 0 Å². The molecule has 0 spiro atoms. The van der Waals surface area contributed by atoms with Gasteiger partial charge in [-0.3, -0.25) is 0 Å². The molecule has 21 heavy (non-hydrogen) atoms. The number of allylic oxidation sites excluding steroid dienone is 2. The maximum atomic E-state index is 2.25. The number of rotatable bonds is 2. The fourth-order valence-corrected chi connectivity index (χ4v) is 3.88. The van der Waals surface area contributed by atoms with Crippen molar-refractivity contribution in [2.24, 2.45) is 0 Å². The summed E-state index contributed by atoms with van der Waals surface area (Å²) in [5, 5.41) is 0. The molecule has 1 aliphatic carbocycles. The Morgan fingerprint density at radius 3 is 1.24 bits per heavy atom. The van der Waals surface area contributed by atoms with Crippen molar-refractivity contribution in [3.05, 3.63) is 69.8 Å². The lowest BCUT2D eigenvalue weighted by molar-refractivity contribution is 0.939. The molecule has 0 N–H and O–H groups in total. The first-order chi connectivity index (χ1) is 10.1. The Labute approximate surface area is 128 Å². The van der Waals surface area contributed by atoms with Crippen molar-refractivity contribution < 1.29 is 0 Å². The predicted octanol–water partition coefficient (Wildman–Crippen LogP) is 6.01. The van der Waals surface area contributed by atoms with Crippen LogP contribution in [0.3, 0.4) is 0 Å². The molecule has 2 aromatic rings. The molecular formula is C21H24. The Kier molecular flexibility index (Phi) is 3.71. The molecule has 2 aromatic carbocycles. The highest BCUT2D eigenvalue weighted by atomic mass is 14.3. The van der Waals surface area contributed by atoms with Gasteiger partial charge in [0.25, 0.3) is 0 Å². The van der Waals surface area contributed by atoms with Gasteiger partial charge in [0.05, 0.1) is 0 Å². The zero-order valence-corrected chi connectivity index (χ0v) is 13.6. The monoisotopic (exact) mass is 276 g/mol. The molecule has 0 nitrogen and oxygen atoms in total. The third-order valence-electron chi connectivity index (χ3n) is 4.78. The lowest BCUT2D eigenvalue weighted by atomic mass is 9.88. The highest BCUT2D eigenvalue weighted by Gasteiger charge is 2.22. The molecule has 0 heteroatoms. The lowest BCUT2D eigenvalue weighted by Gasteiger charge is -2.17. The Balaban J connectivity index is 2.25. The van der Waals surface area contributed by atoms with Gasteiger partial charge in [0.15, 0.2) is 0 Å². The Morgan fingerprint density at radius 2 is 0.905 bits per heavy atom. The summed E-state index contributed by atoms with van der Waals surface area (Å²) in [6, 6.07) is 13.3. The summed E-state index contributed by atoms with van der Waals surface area (Å²) in [6.07, 6.45) is 3.72. The fourth-order valence-electron chi connectivity index (χ4n) is 3.88. The van der Waals surface area contributed by atoms with Crippen LogP contribution in [-0.4, -0.2) is 0 Å². The first-order valence-electron chi connectivity index (χ1n) is 7.95. The average Bonchev–Trinajstić information content (AvgIpc) is 2.87. The second-order valence-electron chi connectivity index (χ2n) is 6.34. The van der Waals surface area contributed by atoms with E-state index in [0.29, 0.717) is 0 Å². The van der Waals surface area contributed by atoms with E-state index in [1.54, 1.807) is 11.1 Å². The van der Waals surface area contributed by atoms with Crippen LogP contribution in [0.5, 0.6) is 0 Å². The van der Waals surface area contributed by atoms with Gasteiger partial charge in [0.1, 0.15) is 0 Å². The Hall–Kier alpha value is -1.82. The maximum Gasteiger partial charge on any atom is -0.0163 e. The number of benzene rings is 2. The van der Waals surface area contributed by atoms with Crippen LogP contribution in [0.4, 0.5) is 0 Å². The molecule has 108 valence electrons. The third kappa shape index (κ3) is 2.44. The van der Waals surface area contributed by atoms with Crippen LogP contribution in [0.1, 0.15) is 52.6 Å². The summed E-state index contributed by atoms with van der Waals surface area (Å²) in [7, 11) is 0. The number of hydrogen-bond acceptors (Lipinski definition) is 0. The summed E-state index contributed by atoms with van der Waals surface area (Å²) < 4.78 is 0. The van der Waals surface area contributed by atoms with Gasteiger partial charge in [0, 0.05) is 0 Å². The standard InChI is InChI=1S/C21H24/c1-14-8-5-9-15(2)20(14)18-12-7-13-19(18)21-16(3)10-6-11-17(21)4/h5-6,8-11H,7,12-13H2,1-4H3. The average molecular weight is 276 g/mol. The van der Waals surface area contributed by atoms with Gasteiger partial charge >= 0.3 is 0 Å². The molecule has 3 rings (SSSR count).